The van der Waals surface area contributed by atoms with Crippen molar-refractivity contribution in [1.82, 2.24) is 0 Å². The van der Waals surface area contributed by atoms with Crippen LogP contribution in [0.4, 0.5) is 0 Å². The van der Waals surface area contributed by atoms with Gasteiger partial charge in [0.2, 0.25) is 0 Å². The van der Waals surface area contributed by atoms with Gasteiger partial charge < -0.3 is 4.74 Å². The highest BCUT2D eigenvalue weighted by Gasteiger charge is 2.07. The first-order chi connectivity index (χ1) is 4.06. The quantitative estimate of drug-likeness (QED) is 0.567. The summed E-state index contributed by atoms with van der Waals surface area (Å²) in [5.74, 6) is 1.09. The SMILES string of the molecule is CSCCOC(C)(C)C. The van der Waals surface area contributed by atoms with Crippen molar-refractivity contribution in [3.8, 4) is 0 Å². The molecule has 0 rings (SSSR count). The van der Waals surface area contributed by atoms with Gasteiger partial charge in [0.15, 0.2) is 0 Å². The Morgan fingerprint density at radius 2 is 1.89 bits per heavy atom. The van der Waals surface area contributed by atoms with E-state index in [1.54, 1.807) is 0 Å². The Kier molecular flexibility index (Phi) is 4.32. The maximum Gasteiger partial charge on any atom is 0.0598 e. The van der Waals surface area contributed by atoms with E-state index >= 15 is 0 Å². The average molecular weight is 148 g/mol. The third kappa shape index (κ3) is 8.31. The van der Waals surface area contributed by atoms with Crippen LogP contribution in [0.3, 0.4) is 0 Å². The number of thioether (sulfide) groups is 1. The van der Waals surface area contributed by atoms with Crippen LogP contribution in [-0.4, -0.2) is 24.2 Å². The molecule has 0 radical (unpaired) electrons. The van der Waals surface area contributed by atoms with E-state index in [4.69, 9.17) is 4.74 Å². The lowest BCUT2D eigenvalue weighted by Crippen LogP contribution is -2.20. The van der Waals surface area contributed by atoms with Crippen LogP contribution in [0.1, 0.15) is 20.8 Å². The van der Waals surface area contributed by atoms with Gasteiger partial charge >= 0.3 is 0 Å². The van der Waals surface area contributed by atoms with E-state index in [2.05, 4.69) is 27.0 Å². The Balaban J connectivity index is 3.07. The summed E-state index contributed by atoms with van der Waals surface area (Å²) in [6.45, 7) is 7.10. The van der Waals surface area contributed by atoms with Crippen molar-refractivity contribution in [2.45, 2.75) is 26.4 Å². The summed E-state index contributed by atoms with van der Waals surface area (Å²) in [5.41, 5.74) is 0.0374. The molecule has 0 aromatic heterocycles. The molecule has 9 heavy (non-hydrogen) atoms. The molecule has 1 nitrogen and oxygen atoms in total. The molecule has 0 aromatic carbocycles. The third-order valence-electron chi connectivity index (χ3n) is 0.823. The highest BCUT2D eigenvalue weighted by molar-refractivity contribution is 7.98. The van der Waals surface area contributed by atoms with E-state index in [1.807, 2.05) is 11.8 Å². The van der Waals surface area contributed by atoms with E-state index in [0.29, 0.717) is 0 Å². The van der Waals surface area contributed by atoms with E-state index in [0.717, 1.165) is 12.4 Å². The summed E-state index contributed by atoms with van der Waals surface area (Å²) in [7, 11) is 0. The molecule has 56 valence electrons. The topological polar surface area (TPSA) is 9.23 Å². The zero-order chi connectivity index (χ0) is 7.33. The highest BCUT2D eigenvalue weighted by atomic mass is 32.2. The van der Waals surface area contributed by atoms with Crippen LogP contribution >= 0.6 is 11.8 Å². The number of ether oxygens (including phenoxy) is 1. The Morgan fingerprint density at radius 3 is 2.22 bits per heavy atom. The molecule has 0 spiro atoms. The monoisotopic (exact) mass is 148 g/mol. The molecule has 0 atom stereocenters. The second-order valence-corrected chi connectivity index (χ2v) is 3.94. The summed E-state index contributed by atoms with van der Waals surface area (Å²) in [5, 5.41) is 0. The molecule has 0 saturated carbocycles. The molecule has 0 bridgehead atoms. The Bertz CT molecular complexity index is 65.8. The maximum atomic E-state index is 5.45. The Morgan fingerprint density at radius 1 is 1.33 bits per heavy atom. The maximum absolute atomic E-state index is 5.45. The van der Waals surface area contributed by atoms with Gasteiger partial charge in [-0.3, -0.25) is 0 Å². The molecule has 0 aliphatic heterocycles. The highest BCUT2D eigenvalue weighted by Crippen LogP contribution is 2.06. The lowest BCUT2D eigenvalue weighted by Gasteiger charge is -2.18. The minimum absolute atomic E-state index is 0.0374. The van der Waals surface area contributed by atoms with Crippen molar-refractivity contribution in [1.29, 1.82) is 0 Å². The van der Waals surface area contributed by atoms with E-state index in [9.17, 15) is 0 Å². The van der Waals surface area contributed by atoms with Gasteiger partial charge in [-0.2, -0.15) is 11.8 Å². The first-order valence-corrected chi connectivity index (χ1v) is 4.58. The first-order valence-electron chi connectivity index (χ1n) is 3.19. The Labute approximate surface area is 62.2 Å². The summed E-state index contributed by atoms with van der Waals surface area (Å²) in [6, 6.07) is 0. The van der Waals surface area contributed by atoms with Gasteiger partial charge in [-0.15, -0.1) is 0 Å². The zero-order valence-electron chi connectivity index (χ0n) is 6.73. The van der Waals surface area contributed by atoms with Crippen LogP contribution in [0.15, 0.2) is 0 Å². The molecule has 0 aromatic rings. The van der Waals surface area contributed by atoms with E-state index in [1.165, 1.54) is 0 Å². The second kappa shape index (κ2) is 4.18. The lowest BCUT2D eigenvalue weighted by atomic mass is 10.2. The Hall–Kier alpha value is 0.310. The van der Waals surface area contributed by atoms with Crippen molar-refractivity contribution in [2.75, 3.05) is 18.6 Å². The van der Waals surface area contributed by atoms with Crippen molar-refractivity contribution >= 4 is 11.8 Å². The van der Waals surface area contributed by atoms with Crippen LogP contribution in [-0.2, 0) is 4.74 Å². The van der Waals surface area contributed by atoms with Crippen LogP contribution in [0.5, 0.6) is 0 Å². The first kappa shape index (κ1) is 9.31. The molecular weight excluding hydrogens is 132 g/mol. The van der Waals surface area contributed by atoms with Gasteiger partial charge in [0.05, 0.1) is 12.2 Å². The molecule has 0 saturated heterocycles. The third-order valence-corrected chi connectivity index (χ3v) is 1.40. The molecule has 0 unspecified atom stereocenters. The fourth-order valence-corrected chi connectivity index (χ4v) is 0.681. The predicted octanol–water partition coefficient (Wildman–Crippen LogP) is 2.16. The summed E-state index contributed by atoms with van der Waals surface area (Å²) >= 11 is 1.82. The van der Waals surface area contributed by atoms with Gasteiger partial charge in [0, 0.05) is 5.75 Å². The van der Waals surface area contributed by atoms with Gasteiger partial charge in [0.25, 0.3) is 0 Å². The normalized spacial score (nSPS) is 12.0. The fourth-order valence-electron chi connectivity index (χ4n) is 0.431. The molecule has 0 N–H and O–H groups in total. The van der Waals surface area contributed by atoms with E-state index < -0.39 is 0 Å². The van der Waals surface area contributed by atoms with Crippen LogP contribution in [0, 0.1) is 0 Å². The van der Waals surface area contributed by atoms with Gasteiger partial charge in [0.1, 0.15) is 0 Å². The molecule has 0 amide bonds. The fraction of sp³-hybridized carbons (Fsp3) is 1.00. The number of rotatable bonds is 3. The smallest absolute Gasteiger partial charge is 0.0598 e. The van der Waals surface area contributed by atoms with Crippen molar-refractivity contribution in [3.05, 3.63) is 0 Å². The molecule has 2 heteroatoms. The summed E-state index contributed by atoms with van der Waals surface area (Å²) in [6.07, 6.45) is 2.09. The minimum atomic E-state index is 0.0374. The predicted molar refractivity (Wildman–Crippen MR) is 44.1 cm³/mol. The van der Waals surface area contributed by atoms with Crippen LogP contribution < -0.4 is 0 Å². The molecule has 0 fully saturated rings. The average Bonchev–Trinajstić information content (AvgIpc) is 1.63. The van der Waals surface area contributed by atoms with Crippen LogP contribution in [0.2, 0.25) is 0 Å². The van der Waals surface area contributed by atoms with Crippen molar-refractivity contribution in [3.63, 3.8) is 0 Å². The lowest BCUT2D eigenvalue weighted by molar-refractivity contribution is 0.00697. The number of hydrogen-bond donors (Lipinski definition) is 0. The van der Waals surface area contributed by atoms with Crippen molar-refractivity contribution < 1.29 is 4.74 Å². The molecule has 0 heterocycles. The standard InChI is InChI=1S/C7H16OS/c1-7(2,3)8-5-6-9-4/h5-6H2,1-4H3. The van der Waals surface area contributed by atoms with Crippen molar-refractivity contribution in [2.24, 2.45) is 0 Å². The zero-order valence-corrected chi connectivity index (χ0v) is 7.55. The summed E-state index contributed by atoms with van der Waals surface area (Å²) < 4.78 is 5.45. The van der Waals surface area contributed by atoms with Crippen LogP contribution in [0.25, 0.3) is 0 Å². The number of hydrogen-bond acceptors (Lipinski definition) is 2. The molecule has 0 aliphatic carbocycles. The summed E-state index contributed by atoms with van der Waals surface area (Å²) in [4.78, 5) is 0. The molecular formula is C7H16OS. The second-order valence-electron chi connectivity index (χ2n) is 2.95. The minimum Gasteiger partial charge on any atom is -0.375 e. The van der Waals surface area contributed by atoms with Gasteiger partial charge in [-0.25, -0.2) is 0 Å². The van der Waals surface area contributed by atoms with Gasteiger partial charge in [-0.05, 0) is 27.0 Å². The largest absolute Gasteiger partial charge is 0.375 e. The molecule has 0 aliphatic rings. The van der Waals surface area contributed by atoms with E-state index in [-0.39, 0.29) is 5.60 Å². The van der Waals surface area contributed by atoms with Gasteiger partial charge in [-0.1, -0.05) is 0 Å².